The second-order valence-corrected chi connectivity index (χ2v) is 9.18. The van der Waals surface area contributed by atoms with Crippen LogP contribution in [0.25, 0.3) is 0 Å². The van der Waals surface area contributed by atoms with Crippen molar-refractivity contribution < 1.29 is 22.4 Å². The molecule has 1 saturated heterocycles. The van der Waals surface area contributed by atoms with Crippen molar-refractivity contribution in [3.8, 4) is 0 Å². The molecule has 11 heteroatoms. The molecule has 1 aromatic heterocycles. The summed E-state index contributed by atoms with van der Waals surface area (Å²) in [5.74, 6) is -3.19. The van der Waals surface area contributed by atoms with Crippen molar-refractivity contribution in [3.05, 3.63) is 70.2 Å². The number of piperidine rings is 1. The highest BCUT2D eigenvalue weighted by atomic mass is 32.1. The summed E-state index contributed by atoms with van der Waals surface area (Å²) in [5, 5.41) is 14.7. The number of hydrogen-bond donors (Lipinski definition) is 2. The third-order valence-corrected chi connectivity index (χ3v) is 6.45. The van der Waals surface area contributed by atoms with E-state index in [9.17, 15) is 22.4 Å². The SMILES string of the molecule is O=C(CCc1nnc(Nc2ccc(F)cc2F)s1)NC1CCN(Cc2ccc(F)c(F)c2)CC1. The molecule has 6 nitrogen and oxygen atoms in total. The molecular weight excluding hydrogens is 470 g/mol. The molecular formula is C23H23F4N5OS. The van der Waals surface area contributed by atoms with Gasteiger partial charge in [0.25, 0.3) is 0 Å². The lowest BCUT2D eigenvalue weighted by molar-refractivity contribution is -0.122. The highest BCUT2D eigenvalue weighted by Crippen LogP contribution is 2.24. The summed E-state index contributed by atoms with van der Waals surface area (Å²) < 4.78 is 53.2. The second-order valence-electron chi connectivity index (χ2n) is 8.12. The summed E-state index contributed by atoms with van der Waals surface area (Å²) >= 11 is 1.20. The fraction of sp³-hybridized carbons (Fsp3) is 0.348. The first kappa shape index (κ1) is 24.1. The number of carbonyl (C=O) groups is 1. The van der Waals surface area contributed by atoms with E-state index in [0.717, 1.165) is 49.7 Å². The van der Waals surface area contributed by atoms with Gasteiger partial charge in [0.2, 0.25) is 11.0 Å². The van der Waals surface area contributed by atoms with Gasteiger partial charge in [0.05, 0.1) is 5.69 Å². The number of carbonyl (C=O) groups excluding carboxylic acids is 1. The van der Waals surface area contributed by atoms with Gasteiger partial charge in [0, 0.05) is 44.6 Å². The van der Waals surface area contributed by atoms with Crippen LogP contribution in [0.2, 0.25) is 0 Å². The van der Waals surface area contributed by atoms with Crippen LogP contribution in [-0.2, 0) is 17.8 Å². The Hall–Kier alpha value is -3.05. The molecule has 0 atom stereocenters. The number of nitrogens with one attached hydrogen (secondary N) is 2. The van der Waals surface area contributed by atoms with Gasteiger partial charge in [-0.05, 0) is 42.7 Å². The van der Waals surface area contributed by atoms with Crippen molar-refractivity contribution in [2.24, 2.45) is 0 Å². The Labute approximate surface area is 198 Å². The first-order chi connectivity index (χ1) is 16.4. The molecule has 4 rings (SSSR count). The van der Waals surface area contributed by atoms with Gasteiger partial charge >= 0.3 is 0 Å². The Balaban J connectivity index is 1.18. The summed E-state index contributed by atoms with van der Waals surface area (Å²) in [6.07, 6.45) is 2.18. The number of benzene rings is 2. The molecule has 2 aromatic carbocycles. The third kappa shape index (κ3) is 6.51. The summed E-state index contributed by atoms with van der Waals surface area (Å²) in [4.78, 5) is 14.5. The van der Waals surface area contributed by atoms with Crippen LogP contribution < -0.4 is 10.6 Å². The number of halogens is 4. The molecule has 0 radical (unpaired) electrons. The second kappa shape index (κ2) is 10.9. The highest BCUT2D eigenvalue weighted by molar-refractivity contribution is 7.15. The van der Waals surface area contributed by atoms with Crippen molar-refractivity contribution in [1.29, 1.82) is 0 Å². The van der Waals surface area contributed by atoms with Crippen LogP contribution in [0.1, 0.15) is 29.8 Å². The minimum Gasteiger partial charge on any atom is -0.353 e. The molecule has 0 unspecified atom stereocenters. The van der Waals surface area contributed by atoms with E-state index < -0.39 is 23.3 Å². The van der Waals surface area contributed by atoms with E-state index in [1.807, 2.05) is 0 Å². The molecule has 0 spiro atoms. The molecule has 34 heavy (non-hydrogen) atoms. The maximum Gasteiger partial charge on any atom is 0.220 e. The molecule has 2 N–H and O–H groups in total. The number of aromatic nitrogens is 2. The molecule has 2 heterocycles. The van der Waals surface area contributed by atoms with Gasteiger partial charge in [-0.15, -0.1) is 10.2 Å². The molecule has 1 aliphatic rings. The van der Waals surface area contributed by atoms with Gasteiger partial charge in [0.1, 0.15) is 16.6 Å². The number of rotatable bonds is 8. The third-order valence-electron chi connectivity index (χ3n) is 5.55. The monoisotopic (exact) mass is 493 g/mol. The molecule has 1 aliphatic heterocycles. The molecule has 1 amide bonds. The van der Waals surface area contributed by atoms with Crippen molar-refractivity contribution in [1.82, 2.24) is 20.4 Å². The predicted molar refractivity (Wildman–Crippen MR) is 121 cm³/mol. The Morgan fingerprint density at radius 1 is 1.00 bits per heavy atom. The van der Waals surface area contributed by atoms with E-state index in [1.54, 1.807) is 6.07 Å². The molecule has 180 valence electrons. The molecule has 0 bridgehead atoms. The number of nitrogens with zero attached hydrogens (tertiary/aromatic N) is 3. The van der Waals surface area contributed by atoms with Gasteiger partial charge < -0.3 is 10.6 Å². The topological polar surface area (TPSA) is 70.1 Å². The summed E-state index contributed by atoms with van der Waals surface area (Å²) in [7, 11) is 0. The highest BCUT2D eigenvalue weighted by Gasteiger charge is 2.21. The maximum atomic E-state index is 13.8. The van der Waals surface area contributed by atoms with E-state index in [2.05, 4.69) is 25.7 Å². The Morgan fingerprint density at radius 2 is 1.79 bits per heavy atom. The Kier molecular flexibility index (Phi) is 7.73. The molecule has 3 aromatic rings. The number of amides is 1. The lowest BCUT2D eigenvalue weighted by atomic mass is 10.0. The van der Waals surface area contributed by atoms with E-state index >= 15 is 0 Å². The normalized spacial score (nSPS) is 14.8. The fourth-order valence-electron chi connectivity index (χ4n) is 3.76. The average Bonchev–Trinajstić information content (AvgIpc) is 3.26. The van der Waals surface area contributed by atoms with Gasteiger partial charge in [-0.25, -0.2) is 17.6 Å². The summed E-state index contributed by atoms with van der Waals surface area (Å²) in [6, 6.07) is 7.19. The van der Waals surface area contributed by atoms with E-state index in [-0.39, 0.29) is 24.1 Å². The van der Waals surface area contributed by atoms with Crippen molar-refractivity contribution in [3.63, 3.8) is 0 Å². The molecule has 0 aliphatic carbocycles. The maximum absolute atomic E-state index is 13.8. The lowest BCUT2D eigenvalue weighted by Crippen LogP contribution is -2.44. The zero-order valence-electron chi connectivity index (χ0n) is 18.2. The van der Waals surface area contributed by atoms with Crippen LogP contribution in [0.15, 0.2) is 36.4 Å². The smallest absolute Gasteiger partial charge is 0.220 e. The number of aryl methyl sites for hydroxylation is 1. The van der Waals surface area contributed by atoms with E-state index in [0.29, 0.717) is 23.1 Å². The largest absolute Gasteiger partial charge is 0.353 e. The zero-order valence-corrected chi connectivity index (χ0v) is 19.0. The van der Waals surface area contributed by atoms with Crippen molar-refractivity contribution in [2.75, 3.05) is 18.4 Å². The average molecular weight is 494 g/mol. The quantitative estimate of drug-likeness (QED) is 0.451. The Morgan fingerprint density at radius 3 is 2.53 bits per heavy atom. The first-order valence-corrected chi connectivity index (χ1v) is 11.7. The standard InChI is InChI=1S/C23H23F4N5OS/c24-15-2-4-20(19(27)12-15)29-23-31-30-22(34-23)6-5-21(33)28-16-7-9-32(10-8-16)13-14-1-3-17(25)18(26)11-14/h1-4,11-12,16H,5-10,13H2,(H,28,33)(H,29,31). The summed E-state index contributed by atoms with van der Waals surface area (Å²) in [6.45, 7) is 2.03. The van der Waals surface area contributed by atoms with Gasteiger partial charge in [-0.3, -0.25) is 9.69 Å². The summed E-state index contributed by atoms with van der Waals surface area (Å²) in [5.41, 5.74) is 0.812. The van der Waals surface area contributed by atoms with Crippen LogP contribution in [-0.4, -0.2) is 40.1 Å². The van der Waals surface area contributed by atoms with Gasteiger partial charge in [-0.2, -0.15) is 0 Å². The number of likely N-dealkylation sites (tertiary alicyclic amines) is 1. The predicted octanol–water partition coefficient (Wildman–Crippen LogP) is 4.55. The van der Waals surface area contributed by atoms with E-state index in [1.165, 1.54) is 23.5 Å². The number of anilines is 2. The van der Waals surface area contributed by atoms with Crippen LogP contribution >= 0.6 is 11.3 Å². The number of hydrogen-bond acceptors (Lipinski definition) is 6. The van der Waals surface area contributed by atoms with Gasteiger partial charge in [-0.1, -0.05) is 17.4 Å². The minimum atomic E-state index is -0.854. The van der Waals surface area contributed by atoms with Crippen LogP contribution in [0.5, 0.6) is 0 Å². The first-order valence-electron chi connectivity index (χ1n) is 10.9. The fourth-order valence-corrected chi connectivity index (χ4v) is 4.51. The van der Waals surface area contributed by atoms with Crippen LogP contribution in [0.3, 0.4) is 0 Å². The Bertz CT molecular complexity index is 1150. The zero-order chi connectivity index (χ0) is 24.1. The molecule has 1 fully saturated rings. The van der Waals surface area contributed by atoms with Crippen molar-refractivity contribution in [2.45, 2.75) is 38.3 Å². The van der Waals surface area contributed by atoms with Gasteiger partial charge in [0.15, 0.2) is 11.6 Å². The van der Waals surface area contributed by atoms with Crippen LogP contribution in [0.4, 0.5) is 28.4 Å². The lowest BCUT2D eigenvalue weighted by Gasteiger charge is -2.32. The minimum absolute atomic E-state index is 0.0572. The molecule has 0 saturated carbocycles. The van der Waals surface area contributed by atoms with Crippen LogP contribution in [0, 0.1) is 23.3 Å². The van der Waals surface area contributed by atoms with E-state index in [4.69, 9.17) is 0 Å². The van der Waals surface area contributed by atoms with Crippen molar-refractivity contribution >= 4 is 28.1 Å².